The van der Waals surface area contributed by atoms with Crippen LogP contribution in [0.1, 0.15) is 25.2 Å². The van der Waals surface area contributed by atoms with Crippen LogP contribution in [0.25, 0.3) is 0 Å². The number of aromatic amines is 1. The number of aromatic nitrogens is 3. The molecule has 2 rings (SSSR count). The molecule has 1 N–H and O–H groups in total. The fourth-order valence-electron chi connectivity index (χ4n) is 2.46. The number of hydrogen-bond donors (Lipinski definition) is 1. The van der Waals surface area contributed by atoms with E-state index in [9.17, 15) is 9.59 Å². The van der Waals surface area contributed by atoms with Crippen molar-refractivity contribution in [1.29, 1.82) is 0 Å². The van der Waals surface area contributed by atoms with Crippen LogP contribution < -0.4 is 5.69 Å². The molecule has 1 amide bonds. The van der Waals surface area contributed by atoms with Gasteiger partial charge < -0.3 is 9.64 Å². The Labute approximate surface area is 115 Å². The summed E-state index contributed by atoms with van der Waals surface area (Å²) in [4.78, 5) is 25.1. The summed E-state index contributed by atoms with van der Waals surface area (Å²) in [6, 6.07) is -0.268. The zero-order valence-corrected chi connectivity index (χ0v) is 11.7. The van der Waals surface area contributed by atoms with Crippen LogP contribution in [0.5, 0.6) is 0 Å². The zero-order valence-electron chi connectivity index (χ0n) is 10.9. The quantitative estimate of drug-likeness (QED) is 0.798. The maximum absolute atomic E-state index is 11.9. The minimum absolute atomic E-state index is 0.0609. The second-order valence-corrected chi connectivity index (χ2v) is 4.69. The van der Waals surface area contributed by atoms with Crippen molar-refractivity contribution in [2.24, 2.45) is 0 Å². The minimum atomic E-state index is -0.268. The highest BCUT2D eigenvalue weighted by atomic mass is 35.5. The summed E-state index contributed by atoms with van der Waals surface area (Å²) < 4.78 is 6.83. The third-order valence-corrected chi connectivity index (χ3v) is 3.66. The van der Waals surface area contributed by atoms with Crippen LogP contribution in [0.4, 0.5) is 0 Å². The number of halogens is 1. The van der Waals surface area contributed by atoms with Crippen LogP contribution in [0.2, 0.25) is 0 Å². The van der Waals surface area contributed by atoms with E-state index in [1.807, 2.05) is 6.92 Å². The molecule has 0 spiro atoms. The lowest BCUT2D eigenvalue weighted by Gasteiger charge is -2.22. The van der Waals surface area contributed by atoms with Gasteiger partial charge in [-0.05, 0) is 6.92 Å². The first-order valence-electron chi connectivity index (χ1n) is 6.15. The second-order valence-electron chi connectivity index (χ2n) is 4.42. The number of likely N-dealkylation sites (tertiary alicyclic amines) is 1. The Morgan fingerprint density at radius 2 is 2.37 bits per heavy atom. The summed E-state index contributed by atoms with van der Waals surface area (Å²) in [6.45, 7) is 2.83. The largest absolute Gasteiger partial charge is 0.380 e. The molecule has 8 heteroatoms. The van der Waals surface area contributed by atoms with E-state index in [0.717, 1.165) is 0 Å². The summed E-state index contributed by atoms with van der Waals surface area (Å²) in [6.07, 6.45) is 0.554. The van der Waals surface area contributed by atoms with Crippen LogP contribution in [-0.2, 0) is 16.1 Å². The third kappa shape index (κ3) is 2.52. The zero-order chi connectivity index (χ0) is 14.0. The first-order chi connectivity index (χ1) is 9.12. The Morgan fingerprint density at radius 1 is 1.63 bits per heavy atom. The number of hydrogen-bond acceptors (Lipinski definition) is 4. The Balaban J connectivity index is 2.34. The molecule has 1 aromatic rings. The molecule has 1 aliphatic heterocycles. The SMILES string of the molecule is CCn1c([C@@H]2C[C@H](OC)CN2C(=O)CCl)n[nH]c1=O. The van der Waals surface area contributed by atoms with Crippen molar-refractivity contribution < 1.29 is 9.53 Å². The van der Waals surface area contributed by atoms with Gasteiger partial charge in [0.25, 0.3) is 0 Å². The summed E-state index contributed by atoms with van der Waals surface area (Å²) in [5, 5.41) is 6.46. The van der Waals surface area contributed by atoms with Gasteiger partial charge in [0.1, 0.15) is 5.88 Å². The van der Waals surface area contributed by atoms with E-state index >= 15 is 0 Å². The van der Waals surface area contributed by atoms with Crippen molar-refractivity contribution >= 4 is 17.5 Å². The number of rotatable bonds is 4. The summed E-state index contributed by atoms with van der Waals surface area (Å²) in [5.41, 5.74) is -0.267. The maximum Gasteiger partial charge on any atom is 0.343 e. The van der Waals surface area contributed by atoms with Crippen molar-refractivity contribution in [2.45, 2.75) is 32.0 Å². The van der Waals surface area contributed by atoms with Gasteiger partial charge >= 0.3 is 5.69 Å². The molecule has 0 radical (unpaired) electrons. The van der Waals surface area contributed by atoms with E-state index in [-0.39, 0.29) is 29.6 Å². The topological polar surface area (TPSA) is 80.2 Å². The lowest BCUT2D eigenvalue weighted by molar-refractivity contribution is -0.129. The molecule has 2 heterocycles. The van der Waals surface area contributed by atoms with Crippen molar-refractivity contribution in [3.63, 3.8) is 0 Å². The Hall–Kier alpha value is -1.34. The van der Waals surface area contributed by atoms with Crippen molar-refractivity contribution in [1.82, 2.24) is 19.7 Å². The van der Waals surface area contributed by atoms with Crippen LogP contribution in [-0.4, -0.2) is 51.2 Å². The molecule has 1 saturated heterocycles. The number of alkyl halides is 1. The van der Waals surface area contributed by atoms with E-state index in [4.69, 9.17) is 16.3 Å². The molecule has 1 aromatic heterocycles. The van der Waals surface area contributed by atoms with Crippen LogP contribution in [0.3, 0.4) is 0 Å². The molecule has 0 saturated carbocycles. The number of carbonyl (C=O) groups excluding carboxylic acids is 1. The molecule has 106 valence electrons. The third-order valence-electron chi connectivity index (χ3n) is 3.43. The Bertz CT molecular complexity index is 512. The van der Waals surface area contributed by atoms with Gasteiger partial charge in [-0.25, -0.2) is 9.89 Å². The van der Waals surface area contributed by atoms with Gasteiger partial charge in [-0.15, -0.1) is 11.6 Å². The predicted octanol–water partition coefficient (Wildman–Crippen LogP) is 0.118. The molecule has 1 fully saturated rings. The highest BCUT2D eigenvalue weighted by Crippen LogP contribution is 2.31. The van der Waals surface area contributed by atoms with E-state index in [1.54, 1.807) is 12.0 Å². The van der Waals surface area contributed by atoms with E-state index < -0.39 is 0 Å². The maximum atomic E-state index is 11.9. The first-order valence-corrected chi connectivity index (χ1v) is 6.69. The van der Waals surface area contributed by atoms with Crippen molar-refractivity contribution in [2.75, 3.05) is 19.5 Å². The van der Waals surface area contributed by atoms with Gasteiger partial charge in [-0.3, -0.25) is 9.36 Å². The van der Waals surface area contributed by atoms with E-state index in [0.29, 0.717) is 25.3 Å². The summed E-state index contributed by atoms with van der Waals surface area (Å²) in [7, 11) is 1.61. The number of H-pyrrole nitrogens is 1. The second kappa shape index (κ2) is 5.75. The highest BCUT2D eigenvalue weighted by Gasteiger charge is 2.38. The molecular weight excluding hydrogens is 272 g/mol. The number of ether oxygens (including phenoxy) is 1. The summed E-state index contributed by atoms with van der Waals surface area (Å²) in [5.74, 6) is 0.295. The molecular formula is C11H17ClN4O3. The number of methoxy groups -OCH3 is 1. The number of carbonyl (C=O) groups is 1. The number of nitrogens with one attached hydrogen (secondary N) is 1. The standard InChI is InChI=1S/C11H17ClN4O3/c1-3-15-10(13-14-11(15)18)8-4-7(19-2)6-16(8)9(17)5-12/h7-8H,3-6H2,1-2H3,(H,14,18)/t7-,8-/m0/s1. The van der Waals surface area contributed by atoms with Gasteiger partial charge in [0.05, 0.1) is 12.1 Å². The van der Waals surface area contributed by atoms with Crippen LogP contribution in [0, 0.1) is 0 Å². The van der Waals surface area contributed by atoms with E-state index in [1.165, 1.54) is 4.57 Å². The van der Waals surface area contributed by atoms with Gasteiger partial charge in [-0.1, -0.05) is 0 Å². The average Bonchev–Trinajstić information content (AvgIpc) is 3.00. The molecule has 2 atom stereocenters. The number of nitrogens with zero attached hydrogens (tertiary/aromatic N) is 3. The fraction of sp³-hybridized carbons (Fsp3) is 0.727. The van der Waals surface area contributed by atoms with Gasteiger partial charge in [0.15, 0.2) is 5.82 Å². The van der Waals surface area contributed by atoms with Crippen LogP contribution >= 0.6 is 11.6 Å². The molecule has 0 bridgehead atoms. The Kier molecular flexibility index (Phi) is 4.26. The van der Waals surface area contributed by atoms with Crippen molar-refractivity contribution in [3.8, 4) is 0 Å². The minimum Gasteiger partial charge on any atom is -0.380 e. The van der Waals surface area contributed by atoms with Gasteiger partial charge in [0, 0.05) is 26.6 Å². The average molecular weight is 289 g/mol. The Morgan fingerprint density at radius 3 is 2.95 bits per heavy atom. The molecule has 0 unspecified atom stereocenters. The highest BCUT2D eigenvalue weighted by molar-refractivity contribution is 6.27. The normalized spacial score (nSPS) is 23.0. The molecule has 0 aromatic carbocycles. The summed E-state index contributed by atoms with van der Waals surface area (Å²) >= 11 is 5.63. The van der Waals surface area contributed by atoms with Crippen molar-refractivity contribution in [3.05, 3.63) is 16.3 Å². The lowest BCUT2D eigenvalue weighted by Crippen LogP contribution is -2.34. The fourth-order valence-corrected chi connectivity index (χ4v) is 2.61. The molecule has 1 aliphatic rings. The molecule has 19 heavy (non-hydrogen) atoms. The lowest BCUT2D eigenvalue weighted by atomic mass is 10.2. The smallest absolute Gasteiger partial charge is 0.343 e. The van der Waals surface area contributed by atoms with E-state index in [2.05, 4.69) is 10.2 Å². The van der Waals surface area contributed by atoms with Gasteiger partial charge in [-0.2, -0.15) is 5.10 Å². The van der Waals surface area contributed by atoms with Crippen LogP contribution in [0.15, 0.2) is 4.79 Å². The molecule has 0 aliphatic carbocycles. The number of amides is 1. The van der Waals surface area contributed by atoms with Gasteiger partial charge in [0.2, 0.25) is 5.91 Å². The molecule has 7 nitrogen and oxygen atoms in total. The predicted molar refractivity (Wildman–Crippen MR) is 69.1 cm³/mol. The monoisotopic (exact) mass is 288 g/mol. The first kappa shape index (κ1) is 14.1.